The zero-order chi connectivity index (χ0) is 11.7. The maximum absolute atomic E-state index is 10.7. The van der Waals surface area contributed by atoms with Gasteiger partial charge in [0.05, 0.1) is 4.92 Å². The summed E-state index contributed by atoms with van der Waals surface area (Å²) < 4.78 is 0.741. The summed E-state index contributed by atoms with van der Waals surface area (Å²) in [6, 6.07) is 4.69. The van der Waals surface area contributed by atoms with Gasteiger partial charge in [0.15, 0.2) is 0 Å². The lowest BCUT2D eigenvalue weighted by molar-refractivity contribution is -0.384. The second kappa shape index (κ2) is 4.05. The third-order valence-corrected chi connectivity index (χ3v) is 2.90. The van der Waals surface area contributed by atoms with E-state index in [1.54, 1.807) is 19.3 Å². The Morgan fingerprint density at radius 3 is 2.81 bits per heavy atom. The molecule has 0 saturated carbocycles. The molecule has 1 heterocycles. The highest BCUT2D eigenvalue weighted by molar-refractivity contribution is 9.10. The number of hydrogen-bond acceptors (Lipinski definition) is 4. The van der Waals surface area contributed by atoms with Crippen molar-refractivity contribution in [3.8, 4) is 0 Å². The van der Waals surface area contributed by atoms with Crippen LogP contribution in [-0.4, -0.2) is 17.0 Å². The number of nitrogens with one attached hydrogen (secondary N) is 1. The van der Waals surface area contributed by atoms with Crippen molar-refractivity contribution in [3.63, 3.8) is 0 Å². The van der Waals surface area contributed by atoms with Crippen LogP contribution in [0, 0.1) is 10.1 Å². The summed E-state index contributed by atoms with van der Waals surface area (Å²) in [6.07, 6.45) is 1.62. The molecule has 82 valence electrons. The number of halogens is 1. The van der Waals surface area contributed by atoms with Crippen LogP contribution in [0.15, 0.2) is 28.9 Å². The summed E-state index contributed by atoms with van der Waals surface area (Å²) in [6.45, 7) is 0. The molecule has 0 amide bonds. The Hall–Kier alpha value is -1.69. The van der Waals surface area contributed by atoms with Gasteiger partial charge in [0.25, 0.3) is 5.69 Å². The van der Waals surface area contributed by atoms with E-state index in [-0.39, 0.29) is 5.69 Å². The number of pyridine rings is 1. The van der Waals surface area contributed by atoms with Gasteiger partial charge in [0.2, 0.25) is 0 Å². The van der Waals surface area contributed by atoms with E-state index in [1.165, 1.54) is 12.1 Å². The minimum absolute atomic E-state index is 0.0708. The lowest BCUT2D eigenvalue weighted by Crippen LogP contribution is -1.94. The first-order chi connectivity index (χ1) is 7.63. The van der Waals surface area contributed by atoms with Crippen molar-refractivity contribution >= 4 is 38.2 Å². The Morgan fingerprint density at radius 1 is 1.44 bits per heavy atom. The number of non-ortho nitro benzene ring substituents is 1. The molecule has 0 spiro atoms. The Balaban J connectivity index is 2.77. The second-order valence-electron chi connectivity index (χ2n) is 3.19. The van der Waals surface area contributed by atoms with Crippen LogP contribution in [0.2, 0.25) is 0 Å². The van der Waals surface area contributed by atoms with Crippen molar-refractivity contribution in [1.82, 2.24) is 4.98 Å². The van der Waals surface area contributed by atoms with E-state index < -0.39 is 4.92 Å². The summed E-state index contributed by atoms with van der Waals surface area (Å²) in [7, 11) is 1.76. The van der Waals surface area contributed by atoms with E-state index in [2.05, 4.69) is 26.2 Å². The fraction of sp³-hybridized carbons (Fsp3) is 0.100. The normalized spacial score (nSPS) is 10.4. The molecule has 0 unspecified atom stereocenters. The Labute approximate surface area is 99.8 Å². The van der Waals surface area contributed by atoms with Gasteiger partial charge in [-0.15, -0.1) is 0 Å². The minimum Gasteiger partial charge on any atom is -0.373 e. The molecule has 0 aliphatic carbocycles. The molecule has 0 radical (unpaired) electrons. The summed E-state index contributed by atoms with van der Waals surface area (Å²) in [5.74, 6) is 0.702. The Bertz CT molecular complexity index is 571. The number of nitro benzene ring substituents is 1. The van der Waals surface area contributed by atoms with E-state index in [9.17, 15) is 10.1 Å². The van der Waals surface area contributed by atoms with Crippen LogP contribution in [0.3, 0.4) is 0 Å². The third-order valence-electron chi connectivity index (χ3n) is 2.27. The van der Waals surface area contributed by atoms with Gasteiger partial charge in [0.1, 0.15) is 5.82 Å². The average molecular weight is 282 g/mol. The lowest BCUT2D eigenvalue weighted by atomic mass is 10.1. The zero-order valence-electron chi connectivity index (χ0n) is 8.40. The number of benzene rings is 1. The number of nitro groups is 1. The van der Waals surface area contributed by atoms with E-state index in [0.717, 1.165) is 15.2 Å². The molecular formula is C10H8BrN3O2. The first-order valence-corrected chi connectivity index (χ1v) is 5.33. The monoisotopic (exact) mass is 281 g/mol. The Kier molecular flexibility index (Phi) is 2.74. The standard InChI is InChI=1S/C10H8BrN3O2/c1-12-10-7-3-2-6(14(15)16)4-8(7)9(11)5-13-10/h2-5H,1H3,(H,12,13). The molecule has 0 fully saturated rings. The summed E-state index contributed by atoms with van der Waals surface area (Å²) >= 11 is 3.33. The van der Waals surface area contributed by atoms with Gasteiger partial charge in [0, 0.05) is 40.6 Å². The minimum atomic E-state index is -0.411. The number of anilines is 1. The average Bonchev–Trinajstić information content (AvgIpc) is 2.29. The maximum Gasteiger partial charge on any atom is 0.270 e. The quantitative estimate of drug-likeness (QED) is 0.679. The second-order valence-corrected chi connectivity index (χ2v) is 4.05. The maximum atomic E-state index is 10.7. The van der Waals surface area contributed by atoms with Crippen LogP contribution in [0.1, 0.15) is 0 Å². The number of fused-ring (bicyclic) bond motifs is 1. The molecule has 0 saturated heterocycles. The third kappa shape index (κ3) is 1.71. The van der Waals surface area contributed by atoms with Crippen LogP contribution in [0.5, 0.6) is 0 Å². The number of nitrogens with zero attached hydrogens (tertiary/aromatic N) is 2. The SMILES string of the molecule is CNc1ncc(Br)c2cc([N+](=O)[O-])ccc12. The van der Waals surface area contributed by atoms with E-state index in [1.807, 2.05) is 0 Å². The fourth-order valence-corrected chi connectivity index (χ4v) is 1.94. The van der Waals surface area contributed by atoms with Gasteiger partial charge >= 0.3 is 0 Å². The molecular weight excluding hydrogens is 274 g/mol. The summed E-state index contributed by atoms with van der Waals surface area (Å²) in [5, 5.41) is 15.2. The first-order valence-electron chi connectivity index (χ1n) is 4.54. The molecule has 0 bridgehead atoms. The van der Waals surface area contributed by atoms with Gasteiger partial charge in [-0.05, 0) is 22.0 Å². The largest absolute Gasteiger partial charge is 0.373 e. The number of aromatic nitrogens is 1. The van der Waals surface area contributed by atoms with Crippen molar-refractivity contribution in [1.29, 1.82) is 0 Å². The molecule has 1 N–H and O–H groups in total. The van der Waals surface area contributed by atoms with Crippen molar-refractivity contribution in [3.05, 3.63) is 39.0 Å². The predicted molar refractivity (Wildman–Crippen MR) is 65.6 cm³/mol. The molecule has 0 aliphatic rings. The highest BCUT2D eigenvalue weighted by Crippen LogP contribution is 2.30. The van der Waals surface area contributed by atoms with Gasteiger partial charge in [-0.2, -0.15) is 0 Å². The molecule has 1 aromatic heterocycles. The van der Waals surface area contributed by atoms with Crippen molar-refractivity contribution in [2.75, 3.05) is 12.4 Å². The molecule has 2 aromatic rings. The lowest BCUT2D eigenvalue weighted by Gasteiger charge is -2.06. The highest BCUT2D eigenvalue weighted by Gasteiger charge is 2.10. The van der Waals surface area contributed by atoms with E-state index >= 15 is 0 Å². The van der Waals surface area contributed by atoms with Crippen LogP contribution in [0.4, 0.5) is 11.5 Å². The van der Waals surface area contributed by atoms with Gasteiger partial charge in [-0.3, -0.25) is 10.1 Å². The van der Waals surface area contributed by atoms with Crippen LogP contribution < -0.4 is 5.32 Å². The topological polar surface area (TPSA) is 68.1 Å². The van der Waals surface area contributed by atoms with Crippen molar-refractivity contribution in [2.24, 2.45) is 0 Å². The molecule has 16 heavy (non-hydrogen) atoms. The molecule has 2 rings (SSSR count). The van der Waals surface area contributed by atoms with Crippen molar-refractivity contribution < 1.29 is 4.92 Å². The predicted octanol–water partition coefficient (Wildman–Crippen LogP) is 2.95. The first kappa shape index (κ1) is 10.8. The molecule has 1 aromatic carbocycles. The number of rotatable bonds is 2. The van der Waals surface area contributed by atoms with E-state index in [0.29, 0.717) is 5.82 Å². The van der Waals surface area contributed by atoms with Crippen LogP contribution in [-0.2, 0) is 0 Å². The molecule has 5 nitrogen and oxygen atoms in total. The van der Waals surface area contributed by atoms with Crippen LogP contribution in [0.25, 0.3) is 10.8 Å². The molecule has 0 aliphatic heterocycles. The van der Waals surface area contributed by atoms with Crippen molar-refractivity contribution in [2.45, 2.75) is 0 Å². The van der Waals surface area contributed by atoms with Crippen LogP contribution >= 0.6 is 15.9 Å². The Morgan fingerprint density at radius 2 is 2.19 bits per heavy atom. The fourth-order valence-electron chi connectivity index (χ4n) is 1.51. The van der Waals surface area contributed by atoms with Gasteiger partial charge in [-0.25, -0.2) is 4.98 Å². The summed E-state index contributed by atoms with van der Waals surface area (Å²) in [4.78, 5) is 14.4. The zero-order valence-corrected chi connectivity index (χ0v) is 9.98. The van der Waals surface area contributed by atoms with Gasteiger partial charge in [-0.1, -0.05) is 0 Å². The molecule has 0 atom stereocenters. The highest BCUT2D eigenvalue weighted by atomic mass is 79.9. The molecule has 6 heteroatoms. The smallest absolute Gasteiger partial charge is 0.270 e. The van der Waals surface area contributed by atoms with E-state index in [4.69, 9.17) is 0 Å². The summed E-state index contributed by atoms with van der Waals surface area (Å²) in [5.41, 5.74) is 0.0708. The van der Waals surface area contributed by atoms with Gasteiger partial charge < -0.3 is 5.32 Å². The number of hydrogen-bond donors (Lipinski definition) is 1.